The number of hydrogen-bond acceptors (Lipinski definition) is 3. The molecule has 0 saturated carbocycles. The van der Waals surface area contributed by atoms with Gasteiger partial charge in [-0.1, -0.05) is 0 Å². The molecule has 1 aromatic rings. The second-order valence-electron chi connectivity index (χ2n) is 3.60. The first-order valence-electron chi connectivity index (χ1n) is 5.37. The lowest BCUT2D eigenvalue weighted by Crippen LogP contribution is -2.40. The Morgan fingerprint density at radius 2 is 1.80 bits per heavy atom. The van der Waals surface area contributed by atoms with Crippen molar-refractivity contribution >= 4 is 23.6 Å². The number of benzene rings is 1. The van der Waals surface area contributed by atoms with Crippen LogP contribution in [0.15, 0.2) is 18.2 Å². The number of carbonyl (C=O) groups excluding carboxylic acids is 2. The fraction of sp³-hybridized carbons (Fsp3) is 0.182. The maximum Gasteiger partial charge on any atom is 0.322 e. The van der Waals surface area contributed by atoms with Crippen molar-refractivity contribution in [3.63, 3.8) is 0 Å². The predicted octanol–water partition coefficient (Wildman–Crippen LogP) is 0.287. The van der Waals surface area contributed by atoms with Gasteiger partial charge in [0.15, 0.2) is 0 Å². The van der Waals surface area contributed by atoms with Gasteiger partial charge in [-0.05, 0) is 12.1 Å². The van der Waals surface area contributed by atoms with Gasteiger partial charge in [0.1, 0.15) is 18.2 Å². The first kappa shape index (κ1) is 15.3. The standard InChI is InChI=1S/C11H11F2N3O4/c12-6-1-2-7(13)8(3-6)16-11(20)15-4-9(17)14-5-10(18)19/h1-3H,4-5H2,(H,14,17)(H,18,19)(H2,15,16,20). The summed E-state index contributed by atoms with van der Waals surface area (Å²) in [7, 11) is 0. The SMILES string of the molecule is O=C(O)CNC(=O)CNC(=O)Nc1cc(F)ccc1F. The van der Waals surface area contributed by atoms with Crippen molar-refractivity contribution in [1.29, 1.82) is 0 Å². The molecule has 0 aliphatic heterocycles. The maximum atomic E-state index is 13.2. The summed E-state index contributed by atoms with van der Waals surface area (Å²) in [4.78, 5) is 32.5. The van der Waals surface area contributed by atoms with Crippen molar-refractivity contribution in [3.05, 3.63) is 29.8 Å². The van der Waals surface area contributed by atoms with E-state index in [4.69, 9.17) is 5.11 Å². The topological polar surface area (TPSA) is 108 Å². The molecule has 0 radical (unpaired) electrons. The molecule has 0 aliphatic carbocycles. The van der Waals surface area contributed by atoms with Crippen molar-refractivity contribution in [2.75, 3.05) is 18.4 Å². The number of anilines is 1. The average Bonchev–Trinajstić information content (AvgIpc) is 2.38. The molecular weight excluding hydrogens is 276 g/mol. The molecule has 4 N–H and O–H groups in total. The molecule has 9 heteroatoms. The van der Waals surface area contributed by atoms with E-state index in [9.17, 15) is 23.2 Å². The van der Waals surface area contributed by atoms with Crippen LogP contribution in [0.25, 0.3) is 0 Å². The molecule has 0 saturated heterocycles. The lowest BCUT2D eigenvalue weighted by atomic mass is 10.3. The smallest absolute Gasteiger partial charge is 0.322 e. The van der Waals surface area contributed by atoms with Gasteiger partial charge in [0, 0.05) is 6.07 Å². The molecule has 0 aromatic heterocycles. The van der Waals surface area contributed by atoms with Crippen molar-refractivity contribution in [2.45, 2.75) is 0 Å². The molecule has 7 nitrogen and oxygen atoms in total. The number of hydrogen-bond donors (Lipinski definition) is 4. The van der Waals surface area contributed by atoms with Crippen molar-refractivity contribution in [1.82, 2.24) is 10.6 Å². The maximum absolute atomic E-state index is 13.2. The van der Waals surface area contributed by atoms with Crippen LogP contribution in [0, 0.1) is 11.6 Å². The van der Waals surface area contributed by atoms with E-state index in [1.165, 1.54) is 0 Å². The van der Waals surface area contributed by atoms with Gasteiger partial charge in [-0.3, -0.25) is 9.59 Å². The number of urea groups is 1. The summed E-state index contributed by atoms with van der Waals surface area (Å²) in [5, 5.41) is 14.4. The summed E-state index contributed by atoms with van der Waals surface area (Å²) >= 11 is 0. The van der Waals surface area contributed by atoms with E-state index in [0.717, 1.165) is 18.2 Å². The van der Waals surface area contributed by atoms with E-state index in [2.05, 4.69) is 5.32 Å². The number of carbonyl (C=O) groups is 3. The third-order valence-corrected chi connectivity index (χ3v) is 2.02. The van der Waals surface area contributed by atoms with E-state index >= 15 is 0 Å². The second kappa shape index (κ2) is 7.02. The fourth-order valence-electron chi connectivity index (χ4n) is 1.16. The van der Waals surface area contributed by atoms with E-state index in [-0.39, 0.29) is 5.69 Å². The van der Waals surface area contributed by atoms with Crippen LogP contribution in [0.4, 0.5) is 19.3 Å². The third-order valence-electron chi connectivity index (χ3n) is 2.02. The Balaban J connectivity index is 2.42. The van der Waals surface area contributed by atoms with Crippen LogP contribution in [0.3, 0.4) is 0 Å². The number of aliphatic carboxylic acids is 1. The molecule has 0 heterocycles. The Bertz CT molecular complexity index is 536. The quantitative estimate of drug-likeness (QED) is 0.624. The van der Waals surface area contributed by atoms with E-state index < -0.39 is 42.6 Å². The summed E-state index contributed by atoms with van der Waals surface area (Å²) in [5.41, 5.74) is -0.381. The highest BCUT2D eigenvalue weighted by Crippen LogP contribution is 2.14. The van der Waals surface area contributed by atoms with Crippen LogP contribution in [0.2, 0.25) is 0 Å². The number of halogens is 2. The van der Waals surface area contributed by atoms with E-state index in [1.54, 1.807) is 0 Å². The molecular formula is C11H11F2N3O4. The highest BCUT2D eigenvalue weighted by molar-refractivity contribution is 5.92. The van der Waals surface area contributed by atoms with Gasteiger partial charge >= 0.3 is 12.0 Å². The Morgan fingerprint density at radius 3 is 2.45 bits per heavy atom. The van der Waals surface area contributed by atoms with Gasteiger partial charge in [-0.2, -0.15) is 0 Å². The molecule has 0 unspecified atom stereocenters. The van der Waals surface area contributed by atoms with E-state index in [0.29, 0.717) is 0 Å². The minimum atomic E-state index is -1.23. The number of carboxylic acids is 1. The Labute approximate surface area is 112 Å². The van der Waals surface area contributed by atoms with Crippen LogP contribution in [-0.2, 0) is 9.59 Å². The highest BCUT2D eigenvalue weighted by Gasteiger charge is 2.09. The number of nitrogens with one attached hydrogen (secondary N) is 3. The molecule has 0 bridgehead atoms. The fourth-order valence-corrected chi connectivity index (χ4v) is 1.16. The summed E-state index contributed by atoms with van der Waals surface area (Å²) < 4.78 is 26.0. The highest BCUT2D eigenvalue weighted by atomic mass is 19.1. The minimum absolute atomic E-state index is 0.381. The van der Waals surface area contributed by atoms with Crippen LogP contribution >= 0.6 is 0 Å². The molecule has 3 amide bonds. The molecule has 20 heavy (non-hydrogen) atoms. The molecule has 108 valence electrons. The van der Waals surface area contributed by atoms with Crippen molar-refractivity contribution in [3.8, 4) is 0 Å². The number of rotatable bonds is 5. The zero-order valence-electron chi connectivity index (χ0n) is 10.1. The lowest BCUT2D eigenvalue weighted by Gasteiger charge is -2.08. The zero-order chi connectivity index (χ0) is 15.1. The molecule has 0 spiro atoms. The first-order chi connectivity index (χ1) is 9.38. The first-order valence-corrected chi connectivity index (χ1v) is 5.37. The Morgan fingerprint density at radius 1 is 1.10 bits per heavy atom. The summed E-state index contributed by atoms with van der Waals surface area (Å²) in [6, 6.07) is 1.57. The predicted molar refractivity (Wildman–Crippen MR) is 64.0 cm³/mol. The van der Waals surface area contributed by atoms with Gasteiger partial charge in [-0.15, -0.1) is 0 Å². The molecule has 0 fully saturated rings. The number of carboxylic acid groups (broad SMARTS) is 1. The van der Waals surface area contributed by atoms with Crippen molar-refractivity contribution in [2.24, 2.45) is 0 Å². The van der Waals surface area contributed by atoms with Gasteiger partial charge in [0.05, 0.1) is 12.2 Å². The van der Waals surface area contributed by atoms with Crippen LogP contribution in [0.5, 0.6) is 0 Å². The number of amides is 3. The second-order valence-corrected chi connectivity index (χ2v) is 3.60. The molecule has 1 rings (SSSR count). The lowest BCUT2D eigenvalue weighted by molar-refractivity contribution is -0.137. The summed E-state index contributed by atoms with van der Waals surface area (Å²) in [6.45, 7) is -1.09. The Kier molecular flexibility index (Phi) is 5.39. The normalized spacial score (nSPS) is 9.70. The summed E-state index contributed by atoms with van der Waals surface area (Å²) in [6.07, 6.45) is 0. The van der Waals surface area contributed by atoms with Crippen LogP contribution < -0.4 is 16.0 Å². The zero-order valence-corrected chi connectivity index (χ0v) is 10.1. The molecule has 1 aromatic carbocycles. The average molecular weight is 287 g/mol. The third kappa shape index (κ3) is 5.29. The monoisotopic (exact) mass is 287 g/mol. The van der Waals surface area contributed by atoms with Gasteiger partial charge in [0.2, 0.25) is 5.91 Å². The van der Waals surface area contributed by atoms with Crippen LogP contribution in [-0.4, -0.2) is 36.1 Å². The van der Waals surface area contributed by atoms with Gasteiger partial charge < -0.3 is 21.1 Å². The van der Waals surface area contributed by atoms with Gasteiger partial charge in [0.25, 0.3) is 0 Å². The largest absolute Gasteiger partial charge is 0.480 e. The molecule has 0 aliphatic rings. The minimum Gasteiger partial charge on any atom is -0.480 e. The molecule has 0 atom stereocenters. The Hall–Kier alpha value is -2.71. The van der Waals surface area contributed by atoms with Crippen LogP contribution in [0.1, 0.15) is 0 Å². The van der Waals surface area contributed by atoms with E-state index in [1.807, 2.05) is 10.6 Å². The van der Waals surface area contributed by atoms with Gasteiger partial charge in [-0.25, -0.2) is 13.6 Å². The summed E-state index contributed by atoms with van der Waals surface area (Å²) in [5.74, 6) is -3.54. The van der Waals surface area contributed by atoms with Crippen molar-refractivity contribution < 1.29 is 28.3 Å².